The Morgan fingerprint density at radius 1 is 1.03 bits per heavy atom. The van der Waals surface area contributed by atoms with Gasteiger partial charge in [-0.1, -0.05) is 65.3 Å². The number of hydrogen-bond donors (Lipinski definition) is 1. The average Bonchev–Trinajstić information content (AvgIpc) is 3.25. The van der Waals surface area contributed by atoms with Crippen molar-refractivity contribution in [3.63, 3.8) is 0 Å². The molecule has 0 unspecified atom stereocenters. The highest BCUT2D eigenvalue weighted by atomic mass is 35.5. The fraction of sp³-hybridized carbons (Fsp3) is 0.0870. The van der Waals surface area contributed by atoms with Gasteiger partial charge >= 0.3 is 0 Å². The Hall–Kier alpha value is -3.00. The molecule has 0 bridgehead atoms. The van der Waals surface area contributed by atoms with Gasteiger partial charge < -0.3 is 10.1 Å². The summed E-state index contributed by atoms with van der Waals surface area (Å²) in [4.78, 5) is 12.5. The third kappa shape index (κ3) is 5.07. The van der Waals surface area contributed by atoms with E-state index in [-0.39, 0.29) is 11.7 Å². The molecule has 0 aliphatic rings. The maximum atomic E-state index is 12.5. The van der Waals surface area contributed by atoms with Crippen LogP contribution in [0.25, 0.3) is 17.1 Å². The van der Waals surface area contributed by atoms with Crippen LogP contribution in [0.15, 0.2) is 78.0 Å². The number of rotatable bonds is 7. The molecule has 6 nitrogen and oxygen atoms in total. The number of halogens is 2. The SMILES string of the molecule is COc1ccc(-n2c(SCC(=O)Nc3cc(Cl)ccc3Cl)nnc2-c2ccccc2)cc1. The lowest BCUT2D eigenvalue weighted by molar-refractivity contribution is -0.113. The summed E-state index contributed by atoms with van der Waals surface area (Å²) in [7, 11) is 1.62. The molecule has 0 atom stereocenters. The van der Waals surface area contributed by atoms with Crippen molar-refractivity contribution in [1.82, 2.24) is 14.8 Å². The summed E-state index contributed by atoms with van der Waals surface area (Å²) in [6.07, 6.45) is 0. The van der Waals surface area contributed by atoms with Crippen molar-refractivity contribution in [2.24, 2.45) is 0 Å². The van der Waals surface area contributed by atoms with Crippen LogP contribution in [-0.4, -0.2) is 33.5 Å². The Balaban J connectivity index is 1.60. The van der Waals surface area contributed by atoms with E-state index in [0.29, 0.717) is 26.7 Å². The Morgan fingerprint density at radius 2 is 1.78 bits per heavy atom. The Bertz CT molecular complexity index is 1230. The van der Waals surface area contributed by atoms with Crippen molar-refractivity contribution < 1.29 is 9.53 Å². The lowest BCUT2D eigenvalue weighted by Crippen LogP contribution is -2.15. The molecule has 3 aromatic carbocycles. The van der Waals surface area contributed by atoms with Crippen molar-refractivity contribution in [2.45, 2.75) is 5.16 Å². The lowest BCUT2D eigenvalue weighted by Gasteiger charge is -2.11. The Morgan fingerprint density at radius 3 is 2.50 bits per heavy atom. The molecule has 0 aliphatic carbocycles. The molecule has 162 valence electrons. The highest BCUT2D eigenvalue weighted by Gasteiger charge is 2.18. The number of benzene rings is 3. The molecular weight excluding hydrogens is 467 g/mol. The van der Waals surface area contributed by atoms with Crippen LogP contribution in [0.2, 0.25) is 10.0 Å². The normalized spacial score (nSPS) is 10.7. The molecule has 0 saturated heterocycles. The zero-order valence-corrected chi connectivity index (χ0v) is 19.3. The van der Waals surface area contributed by atoms with Crippen LogP contribution >= 0.6 is 35.0 Å². The molecule has 1 heterocycles. The number of ether oxygens (including phenoxy) is 1. The number of nitrogens with one attached hydrogen (secondary N) is 1. The standard InChI is InChI=1S/C23H18Cl2N4O2S/c1-31-18-10-8-17(9-11-18)29-22(15-5-3-2-4-6-15)27-28-23(29)32-14-21(30)26-20-13-16(24)7-12-19(20)25/h2-13H,14H2,1H3,(H,26,30). The van der Waals surface area contributed by atoms with Crippen molar-refractivity contribution in [3.8, 4) is 22.8 Å². The fourth-order valence-corrected chi connectivity index (χ4v) is 4.10. The van der Waals surface area contributed by atoms with Crippen LogP contribution in [-0.2, 0) is 4.79 Å². The first kappa shape index (κ1) is 22.2. The van der Waals surface area contributed by atoms with Gasteiger partial charge in [0.05, 0.1) is 23.6 Å². The van der Waals surface area contributed by atoms with Gasteiger partial charge in [0.1, 0.15) is 5.75 Å². The highest BCUT2D eigenvalue weighted by Crippen LogP contribution is 2.30. The van der Waals surface area contributed by atoms with Crippen molar-refractivity contribution >= 4 is 46.6 Å². The van der Waals surface area contributed by atoms with Gasteiger partial charge in [-0.05, 0) is 42.5 Å². The first-order valence-electron chi connectivity index (χ1n) is 9.58. The fourth-order valence-electron chi connectivity index (χ4n) is 3.01. The predicted molar refractivity (Wildman–Crippen MR) is 129 cm³/mol. The molecule has 0 saturated carbocycles. The van der Waals surface area contributed by atoms with E-state index in [9.17, 15) is 4.79 Å². The summed E-state index contributed by atoms with van der Waals surface area (Å²) < 4.78 is 7.18. The minimum absolute atomic E-state index is 0.117. The molecule has 0 spiro atoms. The first-order chi connectivity index (χ1) is 15.5. The van der Waals surface area contributed by atoms with E-state index >= 15 is 0 Å². The zero-order valence-electron chi connectivity index (χ0n) is 17.0. The number of anilines is 1. The molecule has 32 heavy (non-hydrogen) atoms. The molecule has 1 aromatic heterocycles. The maximum absolute atomic E-state index is 12.5. The van der Waals surface area contributed by atoms with Gasteiger partial charge in [0.2, 0.25) is 5.91 Å². The molecule has 0 radical (unpaired) electrons. The monoisotopic (exact) mass is 484 g/mol. The number of thioether (sulfide) groups is 1. The summed E-state index contributed by atoms with van der Waals surface area (Å²) in [5.74, 6) is 1.31. The number of nitrogens with zero attached hydrogens (tertiary/aromatic N) is 3. The van der Waals surface area contributed by atoms with Crippen molar-refractivity contribution in [3.05, 3.63) is 82.8 Å². The summed E-state index contributed by atoms with van der Waals surface area (Å²) in [6.45, 7) is 0. The second-order valence-electron chi connectivity index (χ2n) is 6.67. The molecule has 4 rings (SSSR count). The minimum Gasteiger partial charge on any atom is -0.497 e. The largest absolute Gasteiger partial charge is 0.497 e. The maximum Gasteiger partial charge on any atom is 0.234 e. The average molecular weight is 485 g/mol. The van der Waals surface area contributed by atoms with Gasteiger partial charge in [-0.15, -0.1) is 10.2 Å². The third-order valence-electron chi connectivity index (χ3n) is 4.53. The van der Waals surface area contributed by atoms with Gasteiger partial charge in [-0.2, -0.15) is 0 Å². The molecule has 1 N–H and O–H groups in total. The van der Waals surface area contributed by atoms with Gasteiger partial charge in [0.15, 0.2) is 11.0 Å². The molecular formula is C23H18Cl2N4O2S. The third-order valence-corrected chi connectivity index (χ3v) is 6.02. The van der Waals surface area contributed by atoms with Crippen LogP contribution < -0.4 is 10.1 Å². The van der Waals surface area contributed by atoms with E-state index < -0.39 is 0 Å². The lowest BCUT2D eigenvalue weighted by atomic mass is 10.2. The van der Waals surface area contributed by atoms with E-state index in [0.717, 1.165) is 17.0 Å². The molecule has 0 fully saturated rings. The van der Waals surface area contributed by atoms with E-state index in [1.807, 2.05) is 59.2 Å². The smallest absolute Gasteiger partial charge is 0.234 e. The number of hydrogen-bond acceptors (Lipinski definition) is 5. The number of methoxy groups -OCH3 is 1. The van der Waals surface area contributed by atoms with Crippen molar-refractivity contribution in [1.29, 1.82) is 0 Å². The minimum atomic E-state index is -0.232. The van der Waals surface area contributed by atoms with Crippen LogP contribution in [0, 0.1) is 0 Å². The van der Waals surface area contributed by atoms with Crippen LogP contribution in [0.4, 0.5) is 5.69 Å². The van der Waals surface area contributed by atoms with E-state index in [4.69, 9.17) is 27.9 Å². The Labute approximate surface area is 199 Å². The van der Waals surface area contributed by atoms with E-state index in [1.54, 1.807) is 25.3 Å². The molecule has 9 heteroatoms. The number of carbonyl (C=O) groups is 1. The summed E-state index contributed by atoms with van der Waals surface area (Å²) in [5.41, 5.74) is 2.24. The van der Waals surface area contributed by atoms with E-state index in [2.05, 4.69) is 15.5 Å². The summed E-state index contributed by atoms with van der Waals surface area (Å²) >= 11 is 13.4. The second kappa shape index (κ2) is 10.1. The van der Waals surface area contributed by atoms with Gasteiger partial charge in [-0.25, -0.2) is 0 Å². The number of aromatic nitrogens is 3. The van der Waals surface area contributed by atoms with Crippen LogP contribution in [0.3, 0.4) is 0 Å². The van der Waals surface area contributed by atoms with Crippen LogP contribution in [0.5, 0.6) is 5.75 Å². The van der Waals surface area contributed by atoms with Crippen molar-refractivity contribution in [2.75, 3.05) is 18.2 Å². The molecule has 4 aromatic rings. The number of carbonyl (C=O) groups excluding carboxylic acids is 1. The van der Waals surface area contributed by atoms with Gasteiger partial charge in [0.25, 0.3) is 0 Å². The topological polar surface area (TPSA) is 69.0 Å². The summed E-state index contributed by atoms with van der Waals surface area (Å²) in [5, 5.41) is 13.0. The highest BCUT2D eigenvalue weighted by molar-refractivity contribution is 7.99. The summed E-state index contributed by atoms with van der Waals surface area (Å²) in [6, 6.07) is 22.2. The molecule has 1 amide bonds. The quantitative estimate of drug-likeness (QED) is 0.326. The molecule has 0 aliphatic heterocycles. The predicted octanol–water partition coefficient (Wildman–Crippen LogP) is 5.98. The van der Waals surface area contributed by atoms with Gasteiger partial charge in [-0.3, -0.25) is 9.36 Å². The number of amides is 1. The Kier molecular flexibility index (Phi) is 6.99. The zero-order chi connectivity index (χ0) is 22.5. The van der Waals surface area contributed by atoms with Gasteiger partial charge in [0, 0.05) is 16.3 Å². The van der Waals surface area contributed by atoms with Crippen LogP contribution in [0.1, 0.15) is 0 Å². The van der Waals surface area contributed by atoms with E-state index in [1.165, 1.54) is 11.8 Å². The first-order valence-corrected chi connectivity index (χ1v) is 11.3. The second-order valence-corrected chi connectivity index (χ2v) is 8.45.